The van der Waals surface area contributed by atoms with Crippen LogP contribution in [0.1, 0.15) is 55.7 Å². The van der Waals surface area contributed by atoms with Crippen molar-refractivity contribution in [2.24, 2.45) is 5.16 Å². The van der Waals surface area contributed by atoms with E-state index in [2.05, 4.69) is 20.3 Å². The van der Waals surface area contributed by atoms with Crippen molar-refractivity contribution in [3.05, 3.63) is 23.2 Å². The summed E-state index contributed by atoms with van der Waals surface area (Å²) in [5.74, 6) is -1.90. The Labute approximate surface area is 170 Å². The first-order chi connectivity index (χ1) is 14.4. The number of aromatic nitrogens is 3. The molecule has 0 aliphatic carbocycles. The Kier molecular flexibility index (Phi) is 5.86. The van der Waals surface area contributed by atoms with E-state index >= 15 is 0 Å². The van der Waals surface area contributed by atoms with E-state index in [-0.39, 0.29) is 31.4 Å². The summed E-state index contributed by atoms with van der Waals surface area (Å²) in [6.45, 7) is 0. The Balaban J connectivity index is 2.24. The predicted octanol–water partition coefficient (Wildman–Crippen LogP) is 4.02. The van der Waals surface area contributed by atoms with Gasteiger partial charge < -0.3 is 20.5 Å². The number of halogens is 6. The molecular weight excluding hydrogens is 436 g/mol. The third kappa shape index (κ3) is 4.29. The molecule has 2 aromatic heterocycles. The van der Waals surface area contributed by atoms with Crippen LogP contribution in [0.3, 0.4) is 0 Å². The lowest BCUT2D eigenvalue weighted by atomic mass is 9.94. The van der Waals surface area contributed by atoms with E-state index in [4.69, 9.17) is 10.2 Å². The fourth-order valence-corrected chi connectivity index (χ4v) is 3.23. The molecule has 1 aliphatic rings. The van der Waals surface area contributed by atoms with Crippen molar-refractivity contribution in [2.75, 3.05) is 5.73 Å². The Hall–Kier alpha value is -2.90. The number of fused-ring (bicyclic) bond motifs is 5. The predicted molar refractivity (Wildman–Crippen MR) is 92.9 cm³/mol. The number of nitrogen functional groups attached to an aromatic ring is 1. The fourth-order valence-electron chi connectivity index (χ4n) is 3.23. The number of pyridine rings is 1. The molecule has 8 nitrogen and oxygen atoms in total. The highest BCUT2D eigenvalue weighted by atomic mass is 19.4. The fraction of sp³-hybridized carbons (Fsp3) is 0.529. The minimum Gasteiger partial charge on any atom is -0.416 e. The number of rotatable bonds is 0. The lowest BCUT2D eigenvalue weighted by molar-refractivity contribution is -0.277. The summed E-state index contributed by atoms with van der Waals surface area (Å²) in [6, 6.07) is 0.495. The summed E-state index contributed by atoms with van der Waals surface area (Å²) < 4.78 is 86.2. The summed E-state index contributed by atoms with van der Waals surface area (Å²) in [7, 11) is 0. The van der Waals surface area contributed by atoms with Gasteiger partial charge in [0.1, 0.15) is 11.4 Å². The molecule has 3 rings (SSSR count). The number of hydrogen-bond acceptors (Lipinski definition) is 8. The van der Waals surface area contributed by atoms with Crippen LogP contribution < -0.4 is 5.73 Å². The van der Waals surface area contributed by atoms with Crippen LogP contribution in [0.2, 0.25) is 0 Å². The standard InChI is InChI=1S/C17H17F6N5O3/c18-16(19,20)8-7-9(24)12-13-26-27-14(31-13)15(29,17(21,22)23)6-4-2-1-3-5-10(28-30)11(8)25-12/h7,29-30H,1-6,24H2/b28-10+/t15-/m1/s1. The van der Waals surface area contributed by atoms with E-state index in [0.717, 1.165) is 0 Å². The molecule has 0 radical (unpaired) electrons. The van der Waals surface area contributed by atoms with Crippen molar-refractivity contribution in [3.63, 3.8) is 0 Å². The van der Waals surface area contributed by atoms with Gasteiger partial charge in [-0.3, -0.25) is 0 Å². The van der Waals surface area contributed by atoms with Crippen molar-refractivity contribution in [1.82, 2.24) is 15.2 Å². The summed E-state index contributed by atoms with van der Waals surface area (Å²) in [5.41, 5.74) is -1.38. The van der Waals surface area contributed by atoms with E-state index in [1.54, 1.807) is 0 Å². The molecule has 0 saturated carbocycles. The summed E-state index contributed by atoms with van der Waals surface area (Å²) >= 11 is 0. The number of nitrogens with two attached hydrogens (primary N) is 1. The maximum Gasteiger partial charge on any atom is 0.426 e. The van der Waals surface area contributed by atoms with Crippen LogP contribution in [-0.4, -0.2) is 37.4 Å². The van der Waals surface area contributed by atoms with Gasteiger partial charge in [-0.15, -0.1) is 10.2 Å². The molecule has 2 aromatic rings. The van der Waals surface area contributed by atoms with Crippen LogP contribution >= 0.6 is 0 Å². The van der Waals surface area contributed by atoms with E-state index in [1.165, 1.54) is 0 Å². The van der Waals surface area contributed by atoms with Crippen molar-refractivity contribution >= 4 is 11.4 Å². The van der Waals surface area contributed by atoms with Crippen molar-refractivity contribution in [2.45, 2.75) is 56.5 Å². The number of aliphatic hydroxyl groups is 1. The quantitative estimate of drug-likeness (QED) is 0.312. The molecule has 31 heavy (non-hydrogen) atoms. The number of oxime groups is 1. The Morgan fingerprint density at radius 3 is 2.32 bits per heavy atom. The van der Waals surface area contributed by atoms with Crippen LogP contribution in [0.5, 0.6) is 0 Å². The number of hydrogen-bond donors (Lipinski definition) is 3. The van der Waals surface area contributed by atoms with E-state index in [9.17, 15) is 36.7 Å². The smallest absolute Gasteiger partial charge is 0.416 e. The molecule has 170 valence electrons. The average Bonchev–Trinajstić information content (AvgIpc) is 3.15. The van der Waals surface area contributed by atoms with Gasteiger partial charge >= 0.3 is 12.4 Å². The van der Waals surface area contributed by atoms with Gasteiger partial charge in [0.15, 0.2) is 5.69 Å². The van der Waals surface area contributed by atoms with Gasteiger partial charge in [0.25, 0.3) is 11.8 Å². The van der Waals surface area contributed by atoms with Gasteiger partial charge in [0.05, 0.1) is 11.3 Å². The van der Waals surface area contributed by atoms with Gasteiger partial charge in [-0.1, -0.05) is 18.0 Å². The zero-order valence-corrected chi connectivity index (χ0v) is 15.8. The average molecular weight is 453 g/mol. The first kappa shape index (κ1) is 22.8. The van der Waals surface area contributed by atoms with Crippen molar-refractivity contribution < 1.29 is 41.1 Å². The second kappa shape index (κ2) is 7.98. The molecule has 0 aromatic carbocycles. The minimum atomic E-state index is -5.14. The molecule has 1 aliphatic heterocycles. The Bertz CT molecular complexity index is 988. The second-order valence-electron chi connectivity index (χ2n) is 7.05. The minimum absolute atomic E-state index is 0.0845. The molecule has 0 unspecified atom stereocenters. The topological polar surface area (TPSA) is 131 Å². The van der Waals surface area contributed by atoms with E-state index in [1.807, 2.05) is 0 Å². The molecule has 14 heteroatoms. The van der Waals surface area contributed by atoms with Crippen LogP contribution in [0.25, 0.3) is 11.6 Å². The van der Waals surface area contributed by atoms with Crippen molar-refractivity contribution in [1.29, 1.82) is 0 Å². The van der Waals surface area contributed by atoms with Crippen LogP contribution in [0.15, 0.2) is 15.6 Å². The maximum absolute atomic E-state index is 13.6. The number of nitrogens with zero attached hydrogens (tertiary/aromatic N) is 4. The Morgan fingerprint density at radius 2 is 1.71 bits per heavy atom. The highest BCUT2D eigenvalue weighted by Gasteiger charge is 2.58. The molecule has 4 bridgehead atoms. The third-order valence-electron chi connectivity index (χ3n) is 4.90. The second-order valence-corrected chi connectivity index (χ2v) is 7.05. The summed E-state index contributed by atoms with van der Waals surface area (Å²) in [5, 5.41) is 29.1. The van der Waals surface area contributed by atoms with Crippen LogP contribution in [0, 0.1) is 0 Å². The maximum atomic E-state index is 13.6. The molecule has 0 fully saturated rings. The molecule has 0 saturated heterocycles. The largest absolute Gasteiger partial charge is 0.426 e. The number of alkyl halides is 6. The summed E-state index contributed by atoms with van der Waals surface area (Å²) in [6.07, 6.45) is -10.3. The van der Waals surface area contributed by atoms with Gasteiger partial charge in [-0.25, -0.2) is 4.98 Å². The zero-order chi connectivity index (χ0) is 23.0. The highest BCUT2D eigenvalue weighted by molar-refractivity contribution is 6.00. The van der Waals surface area contributed by atoms with E-state index in [0.29, 0.717) is 12.5 Å². The molecule has 0 spiro atoms. The van der Waals surface area contributed by atoms with Gasteiger partial charge in [-0.05, 0) is 31.7 Å². The lowest BCUT2D eigenvalue weighted by Gasteiger charge is -2.27. The van der Waals surface area contributed by atoms with Crippen molar-refractivity contribution in [3.8, 4) is 11.6 Å². The molecule has 3 heterocycles. The van der Waals surface area contributed by atoms with Gasteiger partial charge in [0.2, 0.25) is 5.60 Å². The SMILES string of the molecule is Nc1cc(C(F)(F)F)c2nc1-c1nnc(o1)[C@@](O)(C(F)(F)F)CCCCCC/C2=N\O. The molecule has 4 N–H and O–H groups in total. The highest BCUT2D eigenvalue weighted by Crippen LogP contribution is 2.43. The number of anilines is 1. The monoisotopic (exact) mass is 453 g/mol. The lowest BCUT2D eigenvalue weighted by Crippen LogP contribution is -2.42. The first-order valence-corrected chi connectivity index (χ1v) is 9.11. The normalized spacial score (nSPS) is 22.4. The third-order valence-corrected chi connectivity index (χ3v) is 4.90. The van der Waals surface area contributed by atoms with Gasteiger partial charge in [-0.2, -0.15) is 26.3 Å². The Morgan fingerprint density at radius 1 is 1.03 bits per heavy atom. The van der Waals surface area contributed by atoms with Crippen LogP contribution in [-0.2, 0) is 11.8 Å². The molecule has 0 amide bonds. The zero-order valence-electron chi connectivity index (χ0n) is 15.8. The first-order valence-electron chi connectivity index (χ1n) is 9.11. The molecule has 1 atom stereocenters. The van der Waals surface area contributed by atoms with Crippen LogP contribution in [0.4, 0.5) is 32.0 Å². The summed E-state index contributed by atoms with van der Waals surface area (Å²) in [4.78, 5) is 3.74. The van der Waals surface area contributed by atoms with Gasteiger partial charge in [0, 0.05) is 0 Å². The van der Waals surface area contributed by atoms with E-state index < -0.39 is 58.8 Å². The molecular formula is C17H17F6N5O3.